The molecule has 0 aromatic carbocycles. The van der Waals surface area contributed by atoms with Crippen molar-refractivity contribution >= 4 is 5.97 Å². The van der Waals surface area contributed by atoms with Gasteiger partial charge in [0.2, 0.25) is 0 Å². The molecule has 17 heavy (non-hydrogen) atoms. The summed E-state index contributed by atoms with van der Waals surface area (Å²) < 4.78 is 6.09. The van der Waals surface area contributed by atoms with E-state index in [-0.39, 0.29) is 11.1 Å². The molecule has 1 aromatic heterocycles. The molecule has 5 nitrogen and oxygen atoms in total. The summed E-state index contributed by atoms with van der Waals surface area (Å²) in [6.45, 7) is 1.31. The van der Waals surface area contributed by atoms with Crippen molar-refractivity contribution in [2.75, 3.05) is 13.7 Å². The van der Waals surface area contributed by atoms with E-state index in [1.807, 2.05) is 0 Å². The molecular formula is C12H16N2O3. The number of hydrogen-bond donors (Lipinski definition) is 1. The Balaban J connectivity index is 2.05. The highest BCUT2D eigenvalue weighted by atomic mass is 16.5. The molecule has 5 heteroatoms. The van der Waals surface area contributed by atoms with Crippen LogP contribution in [0.2, 0.25) is 0 Å². The van der Waals surface area contributed by atoms with E-state index in [0.717, 1.165) is 6.54 Å². The summed E-state index contributed by atoms with van der Waals surface area (Å²) in [5, 5.41) is 3.32. The van der Waals surface area contributed by atoms with E-state index >= 15 is 0 Å². The second-order valence-electron chi connectivity index (χ2n) is 4.14. The molecule has 0 atom stereocenters. The van der Waals surface area contributed by atoms with Gasteiger partial charge in [-0.1, -0.05) is 0 Å². The topological polar surface area (TPSA) is 60.3 Å². The van der Waals surface area contributed by atoms with Gasteiger partial charge in [-0.05, 0) is 25.0 Å². The maximum absolute atomic E-state index is 11.9. The Labute approximate surface area is 99.4 Å². The highest BCUT2D eigenvalue weighted by molar-refractivity contribution is 5.88. The largest absolute Gasteiger partial charge is 0.465 e. The summed E-state index contributed by atoms with van der Waals surface area (Å²) in [5.74, 6) is -0.584. The summed E-state index contributed by atoms with van der Waals surface area (Å²) in [6.07, 6.45) is 4.12. The van der Waals surface area contributed by atoms with E-state index in [4.69, 9.17) is 0 Å². The minimum absolute atomic E-state index is 0.0846. The lowest BCUT2D eigenvalue weighted by atomic mass is 10.3. The van der Waals surface area contributed by atoms with Gasteiger partial charge in [-0.3, -0.25) is 4.79 Å². The van der Waals surface area contributed by atoms with E-state index in [0.29, 0.717) is 12.6 Å². The molecule has 1 aliphatic rings. The fraction of sp³-hybridized carbons (Fsp3) is 0.500. The molecule has 0 spiro atoms. The highest BCUT2D eigenvalue weighted by Gasteiger charge is 2.19. The molecule has 0 bridgehead atoms. The number of carbonyl (C=O) groups is 1. The first-order valence-electron chi connectivity index (χ1n) is 5.73. The van der Waals surface area contributed by atoms with Crippen LogP contribution in [0.15, 0.2) is 23.1 Å². The molecule has 1 saturated carbocycles. The van der Waals surface area contributed by atoms with Crippen LogP contribution in [0.3, 0.4) is 0 Å². The molecular weight excluding hydrogens is 220 g/mol. The SMILES string of the molecule is COC(=O)c1cccn(CCNC2CC2)c1=O. The maximum Gasteiger partial charge on any atom is 0.343 e. The smallest absolute Gasteiger partial charge is 0.343 e. The van der Waals surface area contributed by atoms with Crippen molar-refractivity contribution in [3.63, 3.8) is 0 Å². The zero-order valence-electron chi connectivity index (χ0n) is 9.81. The van der Waals surface area contributed by atoms with E-state index in [1.165, 1.54) is 30.6 Å². The Morgan fingerprint density at radius 1 is 1.59 bits per heavy atom. The van der Waals surface area contributed by atoms with Gasteiger partial charge in [-0.2, -0.15) is 0 Å². The molecule has 0 saturated heterocycles. The second-order valence-corrected chi connectivity index (χ2v) is 4.14. The van der Waals surface area contributed by atoms with Crippen LogP contribution >= 0.6 is 0 Å². The van der Waals surface area contributed by atoms with Crippen LogP contribution in [0.4, 0.5) is 0 Å². The van der Waals surface area contributed by atoms with Gasteiger partial charge < -0.3 is 14.6 Å². The van der Waals surface area contributed by atoms with Crippen molar-refractivity contribution < 1.29 is 9.53 Å². The van der Waals surface area contributed by atoms with Crippen molar-refractivity contribution in [2.45, 2.75) is 25.4 Å². The number of nitrogens with one attached hydrogen (secondary N) is 1. The van der Waals surface area contributed by atoms with Crippen molar-refractivity contribution in [2.24, 2.45) is 0 Å². The molecule has 0 amide bonds. The Bertz CT molecular complexity index is 463. The maximum atomic E-state index is 11.9. The second kappa shape index (κ2) is 5.14. The quantitative estimate of drug-likeness (QED) is 0.751. The first kappa shape index (κ1) is 11.9. The van der Waals surface area contributed by atoms with Gasteiger partial charge in [-0.15, -0.1) is 0 Å². The number of rotatable bonds is 5. The summed E-state index contributed by atoms with van der Waals surface area (Å²) in [5.41, 5.74) is -0.210. The molecule has 2 rings (SSSR count). The average molecular weight is 236 g/mol. The molecule has 1 fully saturated rings. The minimum atomic E-state index is -0.584. The summed E-state index contributed by atoms with van der Waals surface area (Å²) in [4.78, 5) is 23.2. The highest BCUT2D eigenvalue weighted by Crippen LogP contribution is 2.17. The van der Waals surface area contributed by atoms with E-state index in [9.17, 15) is 9.59 Å². The zero-order valence-corrected chi connectivity index (χ0v) is 9.81. The standard InChI is InChI=1S/C12H16N2O3/c1-17-12(16)10-3-2-7-14(11(10)15)8-6-13-9-4-5-9/h2-3,7,9,13H,4-6,8H2,1H3. The summed E-state index contributed by atoms with van der Waals surface area (Å²) in [7, 11) is 1.27. The number of pyridine rings is 1. The molecule has 1 N–H and O–H groups in total. The third kappa shape index (κ3) is 2.94. The van der Waals surface area contributed by atoms with Crippen molar-refractivity contribution in [1.29, 1.82) is 0 Å². The number of methoxy groups -OCH3 is 1. The van der Waals surface area contributed by atoms with Gasteiger partial charge in [0.15, 0.2) is 0 Å². The van der Waals surface area contributed by atoms with Gasteiger partial charge >= 0.3 is 5.97 Å². The fourth-order valence-corrected chi connectivity index (χ4v) is 1.65. The molecule has 0 aliphatic heterocycles. The van der Waals surface area contributed by atoms with Crippen molar-refractivity contribution in [3.8, 4) is 0 Å². The van der Waals surface area contributed by atoms with Gasteiger partial charge in [-0.25, -0.2) is 4.79 Å². The molecule has 92 valence electrons. The summed E-state index contributed by atoms with van der Waals surface area (Å²) in [6, 6.07) is 3.79. The third-order valence-corrected chi connectivity index (χ3v) is 2.79. The predicted molar refractivity (Wildman–Crippen MR) is 63.1 cm³/mol. The van der Waals surface area contributed by atoms with Gasteiger partial charge in [0, 0.05) is 25.3 Å². The lowest BCUT2D eigenvalue weighted by molar-refractivity contribution is 0.0598. The van der Waals surface area contributed by atoms with E-state index in [1.54, 1.807) is 12.3 Å². The van der Waals surface area contributed by atoms with Crippen molar-refractivity contribution in [1.82, 2.24) is 9.88 Å². The van der Waals surface area contributed by atoms with E-state index < -0.39 is 5.97 Å². The zero-order chi connectivity index (χ0) is 12.3. The molecule has 0 unspecified atom stereocenters. The predicted octanol–water partition coefficient (Wildman–Crippen LogP) is 0.387. The van der Waals surface area contributed by atoms with Crippen LogP contribution < -0.4 is 10.9 Å². The van der Waals surface area contributed by atoms with E-state index in [2.05, 4.69) is 10.1 Å². The molecule has 1 aliphatic carbocycles. The van der Waals surface area contributed by atoms with Crippen LogP contribution in [-0.2, 0) is 11.3 Å². The monoisotopic (exact) mass is 236 g/mol. The number of esters is 1. The lowest BCUT2D eigenvalue weighted by Gasteiger charge is -2.07. The lowest BCUT2D eigenvalue weighted by Crippen LogP contribution is -2.30. The first-order valence-corrected chi connectivity index (χ1v) is 5.73. The Kier molecular flexibility index (Phi) is 3.58. The van der Waals surface area contributed by atoms with Crippen LogP contribution in [-0.4, -0.2) is 30.2 Å². The Morgan fingerprint density at radius 3 is 3.00 bits per heavy atom. The van der Waals surface area contributed by atoms with Gasteiger partial charge in [0.05, 0.1) is 7.11 Å². The molecule has 1 aromatic rings. The number of hydrogen-bond acceptors (Lipinski definition) is 4. The first-order chi connectivity index (χ1) is 8.22. The average Bonchev–Trinajstić information content (AvgIpc) is 3.14. The van der Waals surface area contributed by atoms with Gasteiger partial charge in [0.25, 0.3) is 5.56 Å². The van der Waals surface area contributed by atoms with Crippen LogP contribution in [0.1, 0.15) is 23.2 Å². The van der Waals surface area contributed by atoms with Crippen molar-refractivity contribution in [3.05, 3.63) is 34.2 Å². The number of carbonyl (C=O) groups excluding carboxylic acids is 1. The van der Waals surface area contributed by atoms with Crippen LogP contribution in [0.5, 0.6) is 0 Å². The summed E-state index contributed by atoms with van der Waals surface area (Å²) >= 11 is 0. The molecule has 0 radical (unpaired) electrons. The fourth-order valence-electron chi connectivity index (χ4n) is 1.65. The third-order valence-electron chi connectivity index (χ3n) is 2.79. The van der Waals surface area contributed by atoms with Crippen LogP contribution in [0.25, 0.3) is 0 Å². The minimum Gasteiger partial charge on any atom is -0.465 e. The van der Waals surface area contributed by atoms with Gasteiger partial charge in [0.1, 0.15) is 5.56 Å². The normalized spacial score (nSPS) is 14.6. The van der Waals surface area contributed by atoms with Crippen LogP contribution in [0, 0.1) is 0 Å². The molecule has 1 heterocycles. The number of ether oxygens (including phenoxy) is 1. The Morgan fingerprint density at radius 2 is 2.35 bits per heavy atom. The number of aromatic nitrogens is 1. The number of nitrogens with zero attached hydrogens (tertiary/aromatic N) is 1. The Hall–Kier alpha value is -1.62.